The van der Waals surface area contributed by atoms with Gasteiger partial charge in [-0.1, -0.05) is 6.92 Å². The molecule has 1 nitrogen and oxygen atoms in total. The van der Waals surface area contributed by atoms with Gasteiger partial charge in [0.1, 0.15) is 5.83 Å². The Morgan fingerprint density at radius 1 is 1.46 bits per heavy atom. The molecule has 1 aliphatic carbocycles. The molecule has 1 unspecified atom stereocenters. The van der Waals surface area contributed by atoms with Crippen LogP contribution >= 0.6 is 0 Å². The molecule has 0 aromatic rings. The van der Waals surface area contributed by atoms with E-state index in [0.29, 0.717) is 6.42 Å². The zero-order chi connectivity index (χ0) is 10.1. The Morgan fingerprint density at radius 2 is 2.08 bits per heavy atom. The van der Waals surface area contributed by atoms with Crippen LogP contribution in [-0.4, -0.2) is 13.2 Å². The molecule has 0 saturated heterocycles. The zero-order valence-electron chi connectivity index (χ0n) is 7.74. The summed E-state index contributed by atoms with van der Waals surface area (Å²) in [7, 11) is 0.887. The van der Waals surface area contributed by atoms with E-state index >= 15 is 0 Å². The third-order valence-corrected chi connectivity index (χ3v) is 2.35. The van der Waals surface area contributed by atoms with Gasteiger partial charge in [0.15, 0.2) is 0 Å². The molecule has 0 radical (unpaired) electrons. The van der Waals surface area contributed by atoms with E-state index in [1.807, 2.05) is 6.92 Å². The topological polar surface area (TPSA) is 9.23 Å². The van der Waals surface area contributed by atoms with Gasteiger partial charge in [-0.2, -0.15) is 8.78 Å². The summed E-state index contributed by atoms with van der Waals surface area (Å²) < 4.78 is 42.8. The number of methoxy groups -OCH3 is 1. The number of halogens is 3. The molecule has 1 rings (SSSR count). The maximum atomic E-state index is 13.1. The van der Waals surface area contributed by atoms with Gasteiger partial charge in [-0.25, -0.2) is 4.39 Å². The molecule has 0 spiro atoms. The number of hydrogen-bond acceptors (Lipinski definition) is 1. The molecule has 4 heteroatoms. The second-order valence-corrected chi connectivity index (χ2v) is 3.45. The van der Waals surface area contributed by atoms with Gasteiger partial charge < -0.3 is 4.74 Å². The third-order valence-electron chi connectivity index (χ3n) is 2.35. The molecule has 1 atom stereocenters. The van der Waals surface area contributed by atoms with Gasteiger partial charge in [0.05, 0.1) is 5.57 Å². The molecular formula is C9H13F3O. The Kier molecular flexibility index (Phi) is 3.01. The van der Waals surface area contributed by atoms with Crippen LogP contribution in [0.25, 0.3) is 0 Å². The summed E-state index contributed by atoms with van der Waals surface area (Å²) >= 11 is 0. The van der Waals surface area contributed by atoms with Crippen molar-refractivity contribution in [3.63, 3.8) is 0 Å². The van der Waals surface area contributed by atoms with Crippen LogP contribution < -0.4 is 0 Å². The monoisotopic (exact) mass is 194 g/mol. The molecule has 0 aromatic heterocycles. The van der Waals surface area contributed by atoms with Crippen molar-refractivity contribution in [2.75, 3.05) is 7.11 Å². The lowest BCUT2D eigenvalue weighted by atomic mass is 9.89. The molecule has 0 bridgehead atoms. The van der Waals surface area contributed by atoms with E-state index < -0.39 is 17.5 Å². The highest BCUT2D eigenvalue weighted by molar-refractivity contribution is 5.17. The summed E-state index contributed by atoms with van der Waals surface area (Å²) in [6.45, 7) is 1.85. The number of ether oxygens (including phenoxy) is 1. The van der Waals surface area contributed by atoms with Gasteiger partial charge in [-0.3, -0.25) is 0 Å². The van der Waals surface area contributed by atoms with E-state index in [2.05, 4.69) is 4.74 Å². The first-order chi connectivity index (χ1) is 5.97. The van der Waals surface area contributed by atoms with Crippen molar-refractivity contribution in [1.29, 1.82) is 0 Å². The molecule has 0 N–H and O–H groups in total. The first kappa shape index (κ1) is 10.6. The summed E-state index contributed by atoms with van der Waals surface area (Å²) in [5.74, 6) is -0.554. The standard InChI is InChI=1S/C9H13F3O/c1-6-3-4-7(8(10)5-6)9(11,12)13-2/h6H,3-5H2,1-2H3. The van der Waals surface area contributed by atoms with Crippen LogP contribution in [0, 0.1) is 5.92 Å². The number of allylic oxidation sites excluding steroid dienone is 1. The molecule has 0 heterocycles. The highest BCUT2D eigenvalue weighted by Crippen LogP contribution is 2.38. The molecule has 0 amide bonds. The molecule has 13 heavy (non-hydrogen) atoms. The van der Waals surface area contributed by atoms with Crippen molar-refractivity contribution in [1.82, 2.24) is 0 Å². The van der Waals surface area contributed by atoms with Crippen LogP contribution in [0.5, 0.6) is 0 Å². The van der Waals surface area contributed by atoms with Crippen molar-refractivity contribution in [3.8, 4) is 0 Å². The summed E-state index contributed by atoms with van der Waals surface area (Å²) in [4.78, 5) is 0. The van der Waals surface area contributed by atoms with Crippen molar-refractivity contribution >= 4 is 0 Å². The summed E-state index contributed by atoms with van der Waals surface area (Å²) in [6.07, 6.45) is -2.63. The molecule has 0 aromatic carbocycles. The molecule has 0 aliphatic heterocycles. The molecule has 76 valence electrons. The quantitative estimate of drug-likeness (QED) is 0.655. The van der Waals surface area contributed by atoms with E-state index in [-0.39, 0.29) is 18.8 Å². The lowest BCUT2D eigenvalue weighted by molar-refractivity contribution is -0.194. The number of hydrogen-bond donors (Lipinski definition) is 0. The summed E-state index contributed by atoms with van der Waals surface area (Å²) in [6, 6.07) is 0. The summed E-state index contributed by atoms with van der Waals surface area (Å²) in [5.41, 5.74) is -0.479. The molecule has 0 saturated carbocycles. The second-order valence-electron chi connectivity index (χ2n) is 3.45. The third kappa shape index (κ3) is 2.24. The largest absolute Gasteiger partial charge is 0.381 e. The Morgan fingerprint density at radius 3 is 2.54 bits per heavy atom. The van der Waals surface area contributed by atoms with Crippen LogP contribution in [0.15, 0.2) is 11.4 Å². The van der Waals surface area contributed by atoms with Crippen molar-refractivity contribution in [2.24, 2.45) is 5.92 Å². The van der Waals surface area contributed by atoms with E-state index in [4.69, 9.17) is 0 Å². The average molecular weight is 194 g/mol. The van der Waals surface area contributed by atoms with Gasteiger partial charge in [0, 0.05) is 13.5 Å². The highest BCUT2D eigenvalue weighted by atomic mass is 19.3. The fourth-order valence-corrected chi connectivity index (χ4v) is 1.48. The van der Waals surface area contributed by atoms with Crippen LogP contribution in [0.2, 0.25) is 0 Å². The highest BCUT2D eigenvalue weighted by Gasteiger charge is 2.38. The first-order valence-electron chi connectivity index (χ1n) is 4.28. The SMILES string of the molecule is COC(F)(F)C1=C(F)CC(C)CC1. The Balaban J connectivity index is 2.85. The molecular weight excluding hydrogens is 181 g/mol. The van der Waals surface area contributed by atoms with Crippen LogP contribution in [0.4, 0.5) is 13.2 Å². The molecule has 1 aliphatic rings. The average Bonchev–Trinajstić information content (AvgIpc) is 2.03. The molecule has 0 fully saturated rings. The predicted octanol–water partition coefficient (Wildman–Crippen LogP) is 3.27. The van der Waals surface area contributed by atoms with Crippen molar-refractivity contribution in [3.05, 3.63) is 11.4 Å². The van der Waals surface area contributed by atoms with Crippen molar-refractivity contribution < 1.29 is 17.9 Å². The Labute approximate surface area is 75.6 Å². The minimum atomic E-state index is -3.43. The number of alkyl halides is 2. The zero-order valence-corrected chi connectivity index (χ0v) is 7.74. The van der Waals surface area contributed by atoms with E-state index in [1.165, 1.54) is 0 Å². The number of rotatable bonds is 2. The van der Waals surface area contributed by atoms with Gasteiger partial charge in [0.25, 0.3) is 0 Å². The van der Waals surface area contributed by atoms with Crippen LogP contribution in [0.1, 0.15) is 26.2 Å². The predicted molar refractivity (Wildman–Crippen MR) is 43.1 cm³/mol. The van der Waals surface area contributed by atoms with Crippen LogP contribution in [-0.2, 0) is 4.74 Å². The lowest BCUT2D eigenvalue weighted by Crippen LogP contribution is -2.25. The van der Waals surface area contributed by atoms with E-state index in [0.717, 1.165) is 7.11 Å². The van der Waals surface area contributed by atoms with Gasteiger partial charge in [-0.15, -0.1) is 0 Å². The van der Waals surface area contributed by atoms with Gasteiger partial charge in [0.2, 0.25) is 0 Å². The fraction of sp³-hybridized carbons (Fsp3) is 0.778. The summed E-state index contributed by atoms with van der Waals surface area (Å²) in [5, 5.41) is 0. The van der Waals surface area contributed by atoms with Crippen LogP contribution in [0.3, 0.4) is 0 Å². The van der Waals surface area contributed by atoms with Gasteiger partial charge >= 0.3 is 6.11 Å². The first-order valence-corrected chi connectivity index (χ1v) is 4.28. The fourth-order valence-electron chi connectivity index (χ4n) is 1.48. The van der Waals surface area contributed by atoms with Gasteiger partial charge in [-0.05, 0) is 18.8 Å². The maximum absolute atomic E-state index is 13.1. The second kappa shape index (κ2) is 3.70. The maximum Gasteiger partial charge on any atom is 0.381 e. The minimum Gasteiger partial charge on any atom is -0.320 e. The van der Waals surface area contributed by atoms with E-state index in [9.17, 15) is 13.2 Å². The normalized spacial score (nSPS) is 25.2. The van der Waals surface area contributed by atoms with E-state index in [1.54, 1.807) is 0 Å². The smallest absolute Gasteiger partial charge is 0.320 e. The van der Waals surface area contributed by atoms with Crippen molar-refractivity contribution in [2.45, 2.75) is 32.3 Å². The lowest BCUT2D eigenvalue weighted by Gasteiger charge is -2.25. The Bertz CT molecular complexity index is 223. The Hall–Kier alpha value is -0.510. The minimum absolute atomic E-state index is 0.0911.